The Balaban J connectivity index is 2.01. The molecule has 0 amide bonds. The maximum atomic E-state index is 11.4. The smallest absolute Gasteiger partial charge is 0.427 e. The monoisotopic (exact) mass is 315 g/mol. The zero-order valence-corrected chi connectivity index (χ0v) is 12.7. The van der Waals surface area contributed by atoms with Gasteiger partial charge in [-0.25, -0.2) is 4.79 Å². The van der Waals surface area contributed by atoms with Gasteiger partial charge in [0.15, 0.2) is 0 Å². The molecular formula is C12H19N4O6+. The average molecular weight is 315 g/mol. The number of ether oxygens (including phenoxy) is 2. The Labute approximate surface area is 126 Å². The zero-order valence-electron chi connectivity index (χ0n) is 12.7. The number of nitrogens with zero attached hydrogens (tertiary/aromatic N) is 3. The third-order valence-electron chi connectivity index (χ3n) is 2.64. The molecule has 0 unspecified atom stereocenters. The second kappa shape index (κ2) is 6.60. The van der Waals surface area contributed by atoms with E-state index >= 15 is 0 Å². The Kier molecular flexibility index (Phi) is 4.81. The minimum atomic E-state index is -0.946. The van der Waals surface area contributed by atoms with Gasteiger partial charge < -0.3 is 14.3 Å². The quantitative estimate of drug-likeness (QED) is 0.356. The third kappa shape index (κ3) is 4.07. The van der Waals surface area contributed by atoms with Crippen molar-refractivity contribution in [1.82, 2.24) is 5.27 Å². The lowest BCUT2D eigenvalue weighted by atomic mass is 10.2. The van der Waals surface area contributed by atoms with Crippen molar-refractivity contribution < 1.29 is 33.2 Å². The first-order chi connectivity index (χ1) is 10.4. The molecule has 122 valence electrons. The number of morpholine rings is 1. The summed E-state index contributed by atoms with van der Waals surface area (Å²) in [6.07, 6.45) is -0.397. The molecule has 2 rings (SSSR count). The summed E-state index contributed by atoms with van der Waals surface area (Å²) in [6.45, 7) is 7.27. The third-order valence-corrected chi connectivity index (χ3v) is 2.64. The van der Waals surface area contributed by atoms with Crippen molar-refractivity contribution in [3.05, 3.63) is 5.69 Å². The Morgan fingerprint density at radius 1 is 1.41 bits per heavy atom. The Morgan fingerprint density at radius 3 is 2.68 bits per heavy atom. The molecule has 0 bridgehead atoms. The number of carbonyl (C=O) groups excluding carboxylic acids is 2. The largest absolute Gasteiger partial charge is 0.533 e. The van der Waals surface area contributed by atoms with Crippen molar-refractivity contribution in [2.75, 3.05) is 36.8 Å². The van der Waals surface area contributed by atoms with Crippen molar-refractivity contribution in [2.45, 2.75) is 26.4 Å². The number of aromatic nitrogens is 2. The number of aldehydes is 1. The van der Waals surface area contributed by atoms with Crippen LogP contribution in [-0.4, -0.2) is 49.6 Å². The summed E-state index contributed by atoms with van der Waals surface area (Å²) in [4.78, 5) is 28.7. The lowest BCUT2D eigenvalue weighted by molar-refractivity contribution is -0.760. The molecule has 0 atom stereocenters. The Morgan fingerprint density at radius 2 is 2.09 bits per heavy atom. The highest BCUT2D eigenvalue weighted by Gasteiger charge is 2.32. The topological polar surface area (TPSA) is 107 Å². The fourth-order valence-corrected chi connectivity index (χ4v) is 1.74. The van der Waals surface area contributed by atoms with Gasteiger partial charge in [0.25, 0.3) is 0 Å². The van der Waals surface area contributed by atoms with Gasteiger partial charge in [0.05, 0.1) is 31.1 Å². The van der Waals surface area contributed by atoms with E-state index in [0.29, 0.717) is 32.6 Å². The Bertz CT molecular complexity index is 532. The summed E-state index contributed by atoms with van der Waals surface area (Å²) < 4.78 is 15.1. The maximum Gasteiger partial charge on any atom is 0.533 e. The molecule has 0 radical (unpaired) electrons. The molecule has 1 aliphatic rings. The van der Waals surface area contributed by atoms with Crippen LogP contribution in [-0.2, 0) is 14.3 Å². The first-order valence-electron chi connectivity index (χ1n) is 6.77. The molecule has 0 aromatic carbocycles. The standard InChI is InChI=1S/C12H18N4O6/c1-12(2,3)20-11(18)22-13-10-9(8-17)16(14-21-10)15-4-6-19-7-5-15/h8H,4-7H2,1-3H3/p+1. The van der Waals surface area contributed by atoms with Crippen LogP contribution < -0.4 is 15.3 Å². The SMILES string of the molecule is CC(C)(C)OC(=O)ONc1on[n+](N2CCOCC2)c1C=O. The number of carbonyl (C=O) groups is 2. The van der Waals surface area contributed by atoms with E-state index in [2.05, 4.69) is 15.6 Å². The maximum absolute atomic E-state index is 11.4. The molecular weight excluding hydrogens is 296 g/mol. The first kappa shape index (κ1) is 16.0. The first-order valence-corrected chi connectivity index (χ1v) is 6.77. The predicted octanol–water partition coefficient (Wildman–Crippen LogP) is 0.0214. The highest BCUT2D eigenvalue weighted by molar-refractivity contribution is 5.76. The van der Waals surface area contributed by atoms with E-state index in [1.165, 1.54) is 4.79 Å². The van der Waals surface area contributed by atoms with Crippen molar-refractivity contribution in [3.63, 3.8) is 0 Å². The molecule has 1 fully saturated rings. The lowest BCUT2D eigenvalue weighted by Crippen LogP contribution is -2.64. The van der Waals surface area contributed by atoms with E-state index in [1.807, 2.05) is 0 Å². The van der Waals surface area contributed by atoms with E-state index < -0.39 is 11.8 Å². The van der Waals surface area contributed by atoms with Crippen molar-refractivity contribution in [1.29, 1.82) is 0 Å². The van der Waals surface area contributed by atoms with Crippen LogP contribution in [0.3, 0.4) is 0 Å². The predicted molar refractivity (Wildman–Crippen MR) is 71.8 cm³/mol. The summed E-state index contributed by atoms with van der Waals surface area (Å²) >= 11 is 0. The molecule has 10 heteroatoms. The molecule has 1 aromatic rings. The highest BCUT2D eigenvalue weighted by Crippen LogP contribution is 2.11. The lowest BCUT2D eigenvalue weighted by Gasteiger charge is -2.19. The van der Waals surface area contributed by atoms with Crippen LogP contribution in [0.25, 0.3) is 0 Å². The van der Waals surface area contributed by atoms with Crippen molar-refractivity contribution >= 4 is 18.3 Å². The summed E-state index contributed by atoms with van der Waals surface area (Å²) in [5.74, 6) is -0.0904. The van der Waals surface area contributed by atoms with E-state index in [-0.39, 0.29) is 11.6 Å². The molecule has 10 nitrogen and oxygen atoms in total. The molecule has 0 spiro atoms. The summed E-state index contributed by atoms with van der Waals surface area (Å²) in [5.41, 5.74) is 1.63. The van der Waals surface area contributed by atoms with Crippen molar-refractivity contribution in [2.24, 2.45) is 0 Å². The van der Waals surface area contributed by atoms with Gasteiger partial charge in [-0.05, 0) is 20.8 Å². The van der Waals surface area contributed by atoms with Crippen LogP contribution in [0, 0.1) is 0 Å². The summed E-state index contributed by atoms with van der Waals surface area (Å²) in [7, 11) is 0. The van der Waals surface area contributed by atoms with Crippen LogP contribution in [0.2, 0.25) is 0 Å². The van der Waals surface area contributed by atoms with Crippen molar-refractivity contribution in [3.8, 4) is 0 Å². The number of hydrogen-bond acceptors (Lipinski definition) is 9. The molecule has 22 heavy (non-hydrogen) atoms. The van der Waals surface area contributed by atoms with Gasteiger partial charge >= 0.3 is 17.7 Å². The fourth-order valence-electron chi connectivity index (χ4n) is 1.74. The molecule has 0 saturated carbocycles. The van der Waals surface area contributed by atoms with Crippen LogP contribution in [0.4, 0.5) is 10.7 Å². The molecule has 1 aliphatic heterocycles. The van der Waals surface area contributed by atoms with Gasteiger partial charge in [-0.3, -0.25) is 9.32 Å². The molecule has 1 aromatic heterocycles. The van der Waals surface area contributed by atoms with Crippen LogP contribution in [0.1, 0.15) is 31.3 Å². The second-order valence-corrected chi connectivity index (χ2v) is 5.53. The zero-order chi connectivity index (χ0) is 16.2. The summed E-state index contributed by atoms with van der Waals surface area (Å²) in [6, 6.07) is 0. The summed E-state index contributed by atoms with van der Waals surface area (Å²) in [5, 5.41) is 5.52. The van der Waals surface area contributed by atoms with E-state index in [9.17, 15) is 9.59 Å². The number of nitrogens with one attached hydrogen (secondary N) is 1. The molecule has 2 heterocycles. The van der Waals surface area contributed by atoms with E-state index in [1.54, 1.807) is 25.8 Å². The average Bonchev–Trinajstić information content (AvgIpc) is 2.87. The second-order valence-electron chi connectivity index (χ2n) is 5.53. The fraction of sp³-hybridized carbons (Fsp3) is 0.667. The number of hydrogen-bond donors (Lipinski definition) is 1. The van der Waals surface area contributed by atoms with Gasteiger partial charge in [0.1, 0.15) is 5.60 Å². The van der Waals surface area contributed by atoms with Gasteiger partial charge in [-0.2, -0.15) is 5.48 Å². The van der Waals surface area contributed by atoms with Crippen LogP contribution in [0.5, 0.6) is 0 Å². The highest BCUT2D eigenvalue weighted by atomic mass is 16.8. The molecule has 1 N–H and O–H groups in total. The normalized spacial score (nSPS) is 15.3. The van der Waals surface area contributed by atoms with Gasteiger partial charge in [0, 0.05) is 0 Å². The van der Waals surface area contributed by atoms with Crippen LogP contribution in [0.15, 0.2) is 4.52 Å². The van der Waals surface area contributed by atoms with Gasteiger partial charge in [-0.15, -0.1) is 5.01 Å². The van der Waals surface area contributed by atoms with Gasteiger partial charge in [0.2, 0.25) is 11.6 Å². The molecule has 1 saturated heterocycles. The van der Waals surface area contributed by atoms with Crippen LogP contribution >= 0.6 is 0 Å². The minimum Gasteiger partial charge on any atom is -0.427 e. The molecule has 0 aliphatic carbocycles. The van der Waals surface area contributed by atoms with E-state index in [4.69, 9.17) is 14.0 Å². The minimum absolute atomic E-state index is 0.0884. The number of anilines is 1. The van der Waals surface area contributed by atoms with Gasteiger partial charge in [-0.1, -0.05) is 0 Å². The number of rotatable bonds is 4. The van der Waals surface area contributed by atoms with E-state index in [0.717, 1.165) is 0 Å². The Hall–Kier alpha value is -2.36.